The summed E-state index contributed by atoms with van der Waals surface area (Å²) in [7, 11) is 0. The van der Waals surface area contributed by atoms with E-state index in [1.165, 1.54) is 19.3 Å². The maximum atomic E-state index is 2.31. The predicted octanol–water partition coefficient (Wildman–Crippen LogP) is 3.35. The van der Waals surface area contributed by atoms with Gasteiger partial charge >= 0.3 is 0 Å². The maximum Gasteiger partial charge on any atom is 0.00897 e. The lowest BCUT2D eigenvalue weighted by molar-refractivity contribution is 0.578. The summed E-state index contributed by atoms with van der Waals surface area (Å²) in [5.74, 6) is 0.805. The van der Waals surface area contributed by atoms with Crippen molar-refractivity contribution >= 4 is 0 Å². The molecule has 0 aliphatic heterocycles. The fraction of sp³-hybridized carbons (Fsp3) is 0.308. The van der Waals surface area contributed by atoms with Gasteiger partial charge in [-0.05, 0) is 30.8 Å². The molecule has 0 aromatic rings. The average molecular weight is 169 g/mol. The van der Waals surface area contributed by atoms with E-state index in [4.69, 9.17) is 0 Å². The van der Waals surface area contributed by atoms with Crippen LogP contribution in [0.4, 0.5) is 0 Å². The standard InChI is InChI=1S/C13H13/c1-2-5-11-9-13-7-3-6-12(13)8-10(11)4-1/h1-4,6-7,11H,5,8-9H2. The topological polar surface area (TPSA) is 0 Å². The lowest BCUT2D eigenvalue weighted by Gasteiger charge is -2.27. The summed E-state index contributed by atoms with van der Waals surface area (Å²) in [6.45, 7) is 0. The van der Waals surface area contributed by atoms with Crippen LogP contribution in [0.5, 0.6) is 0 Å². The predicted molar refractivity (Wildman–Crippen MR) is 55.0 cm³/mol. The molecular weight excluding hydrogens is 156 g/mol. The van der Waals surface area contributed by atoms with Crippen LogP contribution in [-0.2, 0) is 0 Å². The molecule has 1 radical (unpaired) electrons. The third-order valence-electron chi connectivity index (χ3n) is 3.26. The Morgan fingerprint density at radius 1 is 1.15 bits per heavy atom. The molecular formula is C13H13. The third-order valence-corrected chi connectivity index (χ3v) is 3.26. The van der Waals surface area contributed by atoms with Gasteiger partial charge in [-0.25, -0.2) is 0 Å². The highest BCUT2D eigenvalue weighted by Crippen LogP contribution is 2.41. The second kappa shape index (κ2) is 2.73. The molecule has 3 rings (SSSR count). The first-order chi connectivity index (χ1) is 6.43. The number of hydrogen-bond donors (Lipinski definition) is 0. The fourth-order valence-electron chi connectivity index (χ4n) is 2.49. The SMILES string of the molecule is [CH]1C=CC2=C1CC1=CC=CCC1C2. The van der Waals surface area contributed by atoms with Crippen molar-refractivity contribution in [1.29, 1.82) is 0 Å². The van der Waals surface area contributed by atoms with Crippen LogP contribution in [0.3, 0.4) is 0 Å². The highest BCUT2D eigenvalue weighted by atomic mass is 14.3. The molecule has 0 nitrogen and oxygen atoms in total. The van der Waals surface area contributed by atoms with E-state index in [-0.39, 0.29) is 0 Å². The molecule has 0 bridgehead atoms. The largest absolute Gasteiger partial charge is 0.0839 e. The molecule has 65 valence electrons. The molecule has 0 heterocycles. The van der Waals surface area contributed by atoms with Gasteiger partial charge in [-0.15, -0.1) is 0 Å². The van der Waals surface area contributed by atoms with E-state index < -0.39 is 0 Å². The van der Waals surface area contributed by atoms with E-state index in [2.05, 4.69) is 36.8 Å². The van der Waals surface area contributed by atoms with E-state index in [1.54, 1.807) is 16.7 Å². The first kappa shape index (κ1) is 7.37. The van der Waals surface area contributed by atoms with Gasteiger partial charge in [0.15, 0.2) is 0 Å². The zero-order valence-corrected chi connectivity index (χ0v) is 7.66. The number of allylic oxidation sites excluding steroid dienone is 8. The average Bonchev–Trinajstić information content (AvgIpc) is 2.61. The van der Waals surface area contributed by atoms with Crippen LogP contribution in [-0.4, -0.2) is 0 Å². The van der Waals surface area contributed by atoms with Crippen molar-refractivity contribution in [3.05, 3.63) is 53.5 Å². The van der Waals surface area contributed by atoms with Crippen LogP contribution in [0.15, 0.2) is 47.1 Å². The van der Waals surface area contributed by atoms with Crippen LogP contribution < -0.4 is 0 Å². The van der Waals surface area contributed by atoms with Crippen LogP contribution >= 0.6 is 0 Å². The summed E-state index contributed by atoms with van der Waals surface area (Å²) in [5, 5.41) is 0. The molecule has 0 heteroatoms. The minimum atomic E-state index is 0.805. The van der Waals surface area contributed by atoms with Crippen molar-refractivity contribution in [3.8, 4) is 0 Å². The van der Waals surface area contributed by atoms with Gasteiger partial charge in [0.25, 0.3) is 0 Å². The number of hydrogen-bond acceptors (Lipinski definition) is 0. The van der Waals surface area contributed by atoms with Gasteiger partial charge in [0.2, 0.25) is 0 Å². The van der Waals surface area contributed by atoms with Gasteiger partial charge in [-0.1, -0.05) is 41.5 Å². The molecule has 0 fully saturated rings. The summed E-state index contributed by atoms with van der Waals surface area (Å²) in [4.78, 5) is 0. The van der Waals surface area contributed by atoms with E-state index >= 15 is 0 Å². The number of fused-ring (bicyclic) bond motifs is 1. The summed E-state index contributed by atoms with van der Waals surface area (Å²) in [5.41, 5.74) is 4.77. The van der Waals surface area contributed by atoms with Crippen molar-refractivity contribution in [2.45, 2.75) is 19.3 Å². The third kappa shape index (κ3) is 1.13. The van der Waals surface area contributed by atoms with Crippen molar-refractivity contribution in [1.82, 2.24) is 0 Å². The first-order valence-corrected chi connectivity index (χ1v) is 5.02. The van der Waals surface area contributed by atoms with Crippen LogP contribution in [0, 0.1) is 12.3 Å². The highest BCUT2D eigenvalue weighted by molar-refractivity contribution is 5.48. The monoisotopic (exact) mass is 169 g/mol. The second-order valence-corrected chi connectivity index (χ2v) is 4.06. The first-order valence-electron chi connectivity index (χ1n) is 5.02. The van der Waals surface area contributed by atoms with Crippen LogP contribution in [0.25, 0.3) is 0 Å². The molecule has 0 aromatic carbocycles. The molecule has 0 saturated heterocycles. The smallest absolute Gasteiger partial charge is 0.00897 e. The van der Waals surface area contributed by atoms with Gasteiger partial charge in [0, 0.05) is 6.42 Å². The van der Waals surface area contributed by atoms with Crippen molar-refractivity contribution in [2.24, 2.45) is 5.92 Å². The van der Waals surface area contributed by atoms with Crippen LogP contribution in [0.2, 0.25) is 0 Å². The normalized spacial score (nSPS) is 30.2. The molecule has 1 unspecified atom stereocenters. The summed E-state index contributed by atoms with van der Waals surface area (Å²) < 4.78 is 0. The van der Waals surface area contributed by atoms with E-state index in [1.807, 2.05) is 0 Å². The summed E-state index contributed by atoms with van der Waals surface area (Å²) in [6, 6.07) is 0. The van der Waals surface area contributed by atoms with Gasteiger partial charge in [0.1, 0.15) is 0 Å². The van der Waals surface area contributed by atoms with Crippen molar-refractivity contribution < 1.29 is 0 Å². The minimum absolute atomic E-state index is 0.805. The molecule has 0 N–H and O–H groups in total. The Morgan fingerprint density at radius 3 is 3.15 bits per heavy atom. The number of rotatable bonds is 0. The van der Waals surface area contributed by atoms with Crippen molar-refractivity contribution in [2.75, 3.05) is 0 Å². The Bertz CT molecular complexity index is 350. The molecule has 0 amide bonds. The molecule has 0 saturated carbocycles. The summed E-state index contributed by atoms with van der Waals surface area (Å²) in [6.07, 6.45) is 17.3. The highest BCUT2D eigenvalue weighted by Gasteiger charge is 2.25. The molecule has 0 aromatic heterocycles. The van der Waals surface area contributed by atoms with Crippen LogP contribution in [0.1, 0.15) is 19.3 Å². The van der Waals surface area contributed by atoms with Gasteiger partial charge < -0.3 is 0 Å². The Morgan fingerprint density at radius 2 is 2.15 bits per heavy atom. The lowest BCUT2D eigenvalue weighted by Crippen LogP contribution is -2.12. The van der Waals surface area contributed by atoms with Crippen molar-refractivity contribution in [3.63, 3.8) is 0 Å². The molecule has 13 heavy (non-hydrogen) atoms. The second-order valence-electron chi connectivity index (χ2n) is 4.06. The lowest BCUT2D eigenvalue weighted by atomic mass is 9.77. The fourth-order valence-corrected chi connectivity index (χ4v) is 2.49. The molecule has 3 aliphatic carbocycles. The quantitative estimate of drug-likeness (QED) is 0.521. The molecule has 3 aliphatic rings. The van der Waals surface area contributed by atoms with E-state index in [9.17, 15) is 0 Å². The van der Waals surface area contributed by atoms with E-state index in [0.717, 1.165) is 5.92 Å². The Balaban J connectivity index is 1.95. The maximum absolute atomic E-state index is 2.31. The minimum Gasteiger partial charge on any atom is -0.0839 e. The Labute approximate surface area is 79.3 Å². The Kier molecular flexibility index (Phi) is 1.55. The van der Waals surface area contributed by atoms with Gasteiger partial charge in [-0.3, -0.25) is 0 Å². The van der Waals surface area contributed by atoms with Gasteiger partial charge in [0.05, 0.1) is 0 Å². The molecule has 1 atom stereocenters. The van der Waals surface area contributed by atoms with Gasteiger partial charge in [-0.2, -0.15) is 0 Å². The Hall–Kier alpha value is -1.04. The zero-order valence-electron chi connectivity index (χ0n) is 7.66. The van der Waals surface area contributed by atoms with E-state index in [0.29, 0.717) is 0 Å². The zero-order chi connectivity index (χ0) is 8.67. The summed E-state index contributed by atoms with van der Waals surface area (Å²) >= 11 is 0. The molecule has 0 spiro atoms.